The van der Waals surface area contributed by atoms with Crippen molar-refractivity contribution in [2.24, 2.45) is 0 Å². The van der Waals surface area contributed by atoms with E-state index in [1.54, 1.807) is 0 Å². The number of hydrogen-bond acceptors (Lipinski definition) is 4. The molecular formula is C8H16O4. The molecule has 0 bridgehead atoms. The summed E-state index contributed by atoms with van der Waals surface area (Å²) in [6, 6.07) is 0. The molecule has 0 heterocycles. The fourth-order valence-corrected chi connectivity index (χ4v) is 0.607. The molecule has 4 nitrogen and oxygen atoms in total. The normalized spacial score (nSPS) is 9.33. The smallest absolute Gasteiger partial charge is 0.277 e. The van der Waals surface area contributed by atoms with Gasteiger partial charge in [0.2, 0.25) is 0 Å². The minimum atomic E-state index is -0.0424. The van der Waals surface area contributed by atoms with Gasteiger partial charge in [-0.05, 0) is 13.8 Å². The Labute approximate surface area is 72.4 Å². The summed E-state index contributed by atoms with van der Waals surface area (Å²) in [7, 11) is 0. The van der Waals surface area contributed by atoms with Gasteiger partial charge in [-0.1, -0.05) is 0 Å². The standard InChI is InChI=1S/C8H16O4/c1-7(2)8(11-5-3-9)12-6-4-10/h9-10H,3-6H2,1-2H3. The Hall–Kier alpha value is -0.740. The fraction of sp³-hybridized carbons (Fsp3) is 0.750. The van der Waals surface area contributed by atoms with E-state index in [-0.39, 0.29) is 26.4 Å². The summed E-state index contributed by atoms with van der Waals surface area (Å²) in [5, 5.41) is 16.9. The molecule has 0 aliphatic heterocycles. The first kappa shape index (κ1) is 11.3. The molecule has 2 N–H and O–H groups in total. The van der Waals surface area contributed by atoms with Crippen molar-refractivity contribution in [2.45, 2.75) is 13.8 Å². The van der Waals surface area contributed by atoms with Crippen molar-refractivity contribution in [2.75, 3.05) is 26.4 Å². The SMILES string of the molecule is CC(C)=C(OCCO)OCCO. The van der Waals surface area contributed by atoms with Crippen LogP contribution in [-0.2, 0) is 9.47 Å². The van der Waals surface area contributed by atoms with Crippen LogP contribution in [0.1, 0.15) is 13.8 Å². The number of rotatable bonds is 6. The number of ether oxygens (including phenoxy) is 2. The van der Waals surface area contributed by atoms with E-state index in [0.717, 1.165) is 5.57 Å². The molecule has 0 aliphatic rings. The molecule has 0 rings (SSSR count). The van der Waals surface area contributed by atoms with E-state index in [1.165, 1.54) is 0 Å². The third-order valence-corrected chi connectivity index (χ3v) is 1.06. The molecule has 0 aromatic carbocycles. The lowest BCUT2D eigenvalue weighted by Crippen LogP contribution is -2.07. The molecule has 0 aromatic heterocycles. The zero-order chi connectivity index (χ0) is 9.40. The summed E-state index contributed by atoms with van der Waals surface area (Å²) in [6.07, 6.45) is 0. The van der Waals surface area contributed by atoms with Crippen LogP contribution < -0.4 is 0 Å². The second kappa shape index (κ2) is 6.94. The van der Waals surface area contributed by atoms with Crippen LogP contribution in [0.15, 0.2) is 11.5 Å². The maximum Gasteiger partial charge on any atom is 0.277 e. The van der Waals surface area contributed by atoms with E-state index < -0.39 is 0 Å². The van der Waals surface area contributed by atoms with E-state index in [9.17, 15) is 0 Å². The Morgan fingerprint density at radius 1 is 1.00 bits per heavy atom. The van der Waals surface area contributed by atoms with Gasteiger partial charge < -0.3 is 19.7 Å². The highest BCUT2D eigenvalue weighted by molar-refractivity contribution is 4.95. The molecule has 72 valence electrons. The molecule has 0 saturated heterocycles. The second-order valence-electron chi connectivity index (χ2n) is 2.43. The summed E-state index contributed by atoms with van der Waals surface area (Å²) < 4.78 is 10.1. The molecule has 0 saturated carbocycles. The third kappa shape index (κ3) is 4.98. The highest BCUT2D eigenvalue weighted by Gasteiger charge is 2.00. The average Bonchev–Trinajstić information content (AvgIpc) is 2.04. The van der Waals surface area contributed by atoms with Crippen LogP contribution in [0.2, 0.25) is 0 Å². The molecule has 0 unspecified atom stereocenters. The minimum Gasteiger partial charge on any atom is -0.463 e. The summed E-state index contributed by atoms with van der Waals surface area (Å²) in [4.78, 5) is 0. The van der Waals surface area contributed by atoms with E-state index in [4.69, 9.17) is 19.7 Å². The quantitative estimate of drug-likeness (QED) is 0.570. The first-order valence-corrected chi connectivity index (χ1v) is 3.87. The summed E-state index contributed by atoms with van der Waals surface area (Å²) >= 11 is 0. The van der Waals surface area contributed by atoms with Gasteiger partial charge >= 0.3 is 0 Å². The van der Waals surface area contributed by atoms with E-state index in [2.05, 4.69) is 0 Å². The summed E-state index contributed by atoms with van der Waals surface area (Å²) in [5.41, 5.74) is 0.886. The molecule has 0 amide bonds. The van der Waals surface area contributed by atoms with E-state index in [1.807, 2.05) is 13.8 Å². The zero-order valence-corrected chi connectivity index (χ0v) is 7.54. The first-order chi connectivity index (χ1) is 5.72. The monoisotopic (exact) mass is 176 g/mol. The van der Waals surface area contributed by atoms with Crippen LogP contribution in [0.4, 0.5) is 0 Å². The Morgan fingerprint density at radius 2 is 1.42 bits per heavy atom. The summed E-state index contributed by atoms with van der Waals surface area (Å²) in [5.74, 6) is 0.387. The Balaban J connectivity index is 3.80. The van der Waals surface area contributed by atoms with Crippen LogP contribution in [0, 0.1) is 0 Å². The first-order valence-electron chi connectivity index (χ1n) is 3.87. The molecule has 0 spiro atoms. The summed E-state index contributed by atoms with van der Waals surface area (Å²) in [6.45, 7) is 4.02. The Kier molecular flexibility index (Phi) is 6.51. The van der Waals surface area contributed by atoms with Crippen molar-refractivity contribution in [1.29, 1.82) is 0 Å². The number of allylic oxidation sites excluding steroid dienone is 1. The van der Waals surface area contributed by atoms with Crippen LogP contribution in [0.5, 0.6) is 0 Å². The van der Waals surface area contributed by atoms with Crippen molar-refractivity contribution in [3.63, 3.8) is 0 Å². The molecule has 0 radical (unpaired) electrons. The van der Waals surface area contributed by atoms with Crippen LogP contribution in [0.3, 0.4) is 0 Å². The van der Waals surface area contributed by atoms with Gasteiger partial charge in [-0.15, -0.1) is 0 Å². The van der Waals surface area contributed by atoms with Crippen molar-refractivity contribution in [3.8, 4) is 0 Å². The van der Waals surface area contributed by atoms with E-state index in [0.29, 0.717) is 5.95 Å². The second-order valence-corrected chi connectivity index (χ2v) is 2.43. The lowest BCUT2D eigenvalue weighted by atomic mass is 10.4. The van der Waals surface area contributed by atoms with Crippen LogP contribution in [0.25, 0.3) is 0 Å². The lowest BCUT2D eigenvalue weighted by Gasteiger charge is -2.11. The van der Waals surface area contributed by atoms with Crippen molar-refractivity contribution >= 4 is 0 Å². The topological polar surface area (TPSA) is 58.9 Å². The zero-order valence-electron chi connectivity index (χ0n) is 7.54. The van der Waals surface area contributed by atoms with Crippen molar-refractivity contribution in [3.05, 3.63) is 11.5 Å². The van der Waals surface area contributed by atoms with Gasteiger partial charge in [0, 0.05) is 5.57 Å². The minimum absolute atomic E-state index is 0.0424. The highest BCUT2D eigenvalue weighted by Crippen LogP contribution is 2.06. The third-order valence-electron chi connectivity index (χ3n) is 1.06. The van der Waals surface area contributed by atoms with Gasteiger partial charge in [-0.2, -0.15) is 0 Å². The molecule has 0 fully saturated rings. The van der Waals surface area contributed by atoms with Crippen LogP contribution >= 0.6 is 0 Å². The van der Waals surface area contributed by atoms with Crippen molar-refractivity contribution in [1.82, 2.24) is 0 Å². The molecule has 12 heavy (non-hydrogen) atoms. The lowest BCUT2D eigenvalue weighted by molar-refractivity contribution is 0.00596. The average molecular weight is 176 g/mol. The van der Waals surface area contributed by atoms with Crippen molar-refractivity contribution < 1.29 is 19.7 Å². The van der Waals surface area contributed by atoms with Gasteiger partial charge in [0.05, 0.1) is 13.2 Å². The number of hydrogen-bond donors (Lipinski definition) is 2. The predicted octanol–water partition coefficient (Wildman–Crippen LogP) is 0.256. The predicted molar refractivity (Wildman–Crippen MR) is 44.4 cm³/mol. The van der Waals surface area contributed by atoms with Gasteiger partial charge in [0.1, 0.15) is 13.2 Å². The number of aliphatic hydroxyl groups is 2. The molecular weight excluding hydrogens is 160 g/mol. The van der Waals surface area contributed by atoms with Gasteiger partial charge in [0.25, 0.3) is 5.95 Å². The maximum atomic E-state index is 8.47. The maximum absolute atomic E-state index is 8.47. The largest absolute Gasteiger partial charge is 0.463 e. The van der Waals surface area contributed by atoms with Gasteiger partial charge in [0.15, 0.2) is 0 Å². The van der Waals surface area contributed by atoms with Gasteiger partial charge in [-0.3, -0.25) is 0 Å². The molecule has 4 heteroatoms. The fourth-order valence-electron chi connectivity index (χ4n) is 0.607. The molecule has 0 atom stereocenters. The molecule has 0 aliphatic carbocycles. The number of aliphatic hydroxyl groups excluding tert-OH is 2. The van der Waals surface area contributed by atoms with Gasteiger partial charge in [-0.25, -0.2) is 0 Å². The highest BCUT2D eigenvalue weighted by atomic mass is 16.7. The Morgan fingerprint density at radius 3 is 1.67 bits per heavy atom. The molecule has 0 aromatic rings. The Bertz CT molecular complexity index is 128. The van der Waals surface area contributed by atoms with Crippen LogP contribution in [-0.4, -0.2) is 36.6 Å². The van der Waals surface area contributed by atoms with E-state index >= 15 is 0 Å².